The van der Waals surface area contributed by atoms with Crippen LogP contribution in [0.25, 0.3) is 22.0 Å². The van der Waals surface area contributed by atoms with Crippen molar-refractivity contribution in [3.63, 3.8) is 0 Å². The second-order valence-corrected chi connectivity index (χ2v) is 9.30. The molecule has 31 heavy (non-hydrogen) atoms. The summed E-state index contributed by atoms with van der Waals surface area (Å²) in [6.45, 7) is 2.85. The Morgan fingerprint density at radius 3 is 2.55 bits per heavy atom. The lowest BCUT2D eigenvalue weighted by Crippen LogP contribution is -2.50. The van der Waals surface area contributed by atoms with Crippen LogP contribution < -0.4 is 14.9 Å². The number of rotatable bonds is 4. The Bertz CT molecular complexity index is 1110. The zero-order chi connectivity index (χ0) is 21.4. The van der Waals surface area contributed by atoms with E-state index in [-0.39, 0.29) is 12.1 Å². The van der Waals surface area contributed by atoms with Crippen molar-refractivity contribution in [1.29, 1.82) is 0 Å². The average Bonchev–Trinajstić information content (AvgIpc) is 2.80. The van der Waals surface area contributed by atoms with Gasteiger partial charge in [0.15, 0.2) is 0 Å². The smallest absolute Gasteiger partial charge is 0.322 e. The molecule has 0 spiro atoms. The molecular weight excluding hydrogens is 404 g/mol. The number of amides is 2. The molecule has 1 aromatic heterocycles. The largest absolute Gasteiger partial charge is 0.333 e. The highest BCUT2D eigenvalue weighted by atomic mass is 32.2. The predicted molar refractivity (Wildman–Crippen MR) is 130 cm³/mol. The predicted octanol–water partition coefficient (Wildman–Crippen LogP) is 6.20. The lowest BCUT2D eigenvalue weighted by atomic mass is 9.86. The van der Waals surface area contributed by atoms with Crippen molar-refractivity contribution < 1.29 is 4.79 Å². The van der Waals surface area contributed by atoms with Gasteiger partial charge in [-0.1, -0.05) is 37.1 Å². The highest BCUT2D eigenvalue weighted by Crippen LogP contribution is 2.39. The molecule has 0 atom stereocenters. The minimum Gasteiger partial charge on any atom is -0.333 e. The molecule has 1 fully saturated rings. The second-order valence-electron chi connectivity index (χ2n) is 8.69. The Morgan fingerprint density at radius 2 is 1.81 bits per heavy atom. The number of nitrogens with zero attached hydrogens (tertiary/aromatic N) is 2. The van der Waals surface area contributed by atoms with Crippen LogP contribution in [0.3, 0.4) is 0 Å². The zero-order valence-electron chi connectivity index (χ0n) is 18.0. The number of carbonyl (C=O) groups is 1. The van der Waals surface area contributed by atoms with Crippen molar-refractivity contribution >= 4 is 40.3 Å². The standard InChI is InChI=1S/C25H28N4OS/c1-16-3-10-21(11-4-16)29-24-19(15-27-25(29)30)14-26-23-12-7-18(13-22(23)24)17-5-8-20(9-6-17)28-31-2/h5-9,12-14,16,21,28H,3-4,10-11,15H2,1-2H3,(H,27,30). The third kappa shape index (κ3) is 3.85. The first-order chi connectivity index (χ1) is 15.1. The fourth-order valence-electron chi connectivity index (χ4n) is 4.87. The maximum absolute atomic E-state index is 13.0. The number of nitrogens with one attached hydrogen (secondary N) is 2. The van der Waals surface area contributed by atoms with Crippen LogP contribution in [0.2, 0.25) is 0 Å². The van der Waals surface area contributed by atoms with Crippen LogP contribution in [0, 0.1) is 5.92 Å². The first-order valence-electron chi connectivity index (χ1n) is 11.0. The van der Waals surface area contributed by atoms with Crippen molar-refractivity contribution in [2.24, 2.45) is 5.92 Å². The molecule has 2 heterocycles. The van der Waals surface area contributed by atoms with E-state index in [1.54, 1.807) is 11.9 Å². The van der Waals surface area contributed by atoms with E-state index in [1.165, 1.54) is 12.8 Å². The van der Waals surface area contributed by atoms with Crippen LogP contribution >= 0.6 is 11.9 Å². The minimum atomic E-state index is 0.0254. The molecule has 0 unspecified atom stereocenters. The molecule has 0 saturated heterocycles. The van der Waals surface area contributed by atoms with Crippen LogP contribution in [0.4, 0.5) is 16.2 Å². The maximum Gasteiger partial charge on any atom is 0.322 e. The number of pyridine rings is 1. The highest BCUT2D eigenvalue weighted by molar-refractivity contribution is 7.99. The van der Waals surface area contributed by atoms with Crippen LogP contribution in [-0.4, -0.2) is 23.3 Å². The molecule has 0 radical (unpaired) electrons. The third-order valence-corrected chi connectivity index (χ3v) is 7.03. The van der Waals surface area contributed by atoms with E-state index < -0.39 is 0 Å². The van der Waals surface area contributed by atoms with Crippen LogP contribution in [0.5, 0.6) is 0 Å². The SMILES string of the molecule is CSNc1ccc(-c2ccc3ncc4c(c3c2)N(C2CCC(C)CC2)C(=O)NC4)cc1. The highest BCUT2D eigenvalue weighted by Gasteiger charge is 2.34. The van der Waals surface area contributed by atoms with Gasteiger partial charge in [0.25, 0.3) is 0 Å². The van der Waals surface area contributed by atoms with Gasteiger partial charge < -0.3 is 10.0 Å². The molecule has 3 aromatic rings. The summed E-state index contributed by atoms with van der Waals surface area (Å²) in [5, 5.41) is 4.13. The molecule has 5 nitrogen and oxygen atoms in total. The summed E-state index contributed by atoms with van der Waals surface area (Å²) in [5.74, 6) is 0.743. The van der Waals surface area contributed by atoms with Crippen molar-refractivity contribution in [1.82, 2.24) is 10.3 Å². The molecule has 2 amide bonds. The summed E-state index contributed by atoms with van der Waals surface area (Å²) < 4.78 is 3.26. The summed E-state index contributed by atoms with van der Waals surface area (Å²) in [4.78, 5) is 19.7. The lowest BCUT2D eigenvalue weighted by molar-refractivity contribution is 0.236. The molecule has 1 aliphatic carbocycles. The van der Waals surface area contributed by atoms with Crippen LogP contribution in [0.1, 0.15) is 38.2 Å². The molecule has 2 aromatic carbocycles. The molecule has 2 aliphatic rings. The van der Waals surface area contributed by atoms with E-state index in [1.807, 2.05) is 17.4 Å². The number of carbonyl (C=O) groups excluding carboxylic acids is 1. The Balaban J connectivity index is 1.59. The fraction of sp³-hybridized carbons (Fsp3) is 0.360. The van der Waals surface area contributed by atoms with Gasteiger partial charge in [-0.25, -0.2) is 4.79 Å². The van der Waals surface area contributed by atoms with Gasteiger partial charge in [-0.2, -0.15) is 0 Å². The summed E-state index contributed by atoms with van der Waals surface area (Å²) >= 11 is 1.59. The molecule has 1 aliphatic heterocycles. The topological polar surface area (TPSA) is 57.3 Å². The Hall–Kier alpha value is -2.73. The van der Waals surface area contributed by atoms with E-state index in [0.717, 1.165) is 57.7 Å². The number of fused-ring (bicyclic) bond motifs is 3. The van der Waals surface area contributed by atoms with Gasteiger partial charge in [-0.05, 0) is 67.0 Å². The summed E-state index contributed by atoms with van der Waals surface area (Å²) in [5.41, 5.74) is 6.47. The number of urea groups is 1. The number of aromatic nitrogens is 1. The summed E-state index contributed by atoms with van der Waals surface area (Å²) in [7, 11) is 0. The first-order valence-corrected chi connectivity index (χ1v) is 12.2. The van der Waals surface area contributed by atoms with Gasteiger partial charge in [0.1, 0.15) is 0 Å². The van der Waals surface area contributed by atoms with E-state index >= 15 is 0 Å². The normalized spacial score (nSPS) is 21.0. The van der Waals surface area contributed by atoms with Gasteiger partial charge >= 0.3 is 6.03 Å². The van der Waals surface area contributed by atoms with E-state index in [9.17, 15) is 4.79 Å². The Kier molecular flexibility index (Phi) is 5.48. The van der Waals surface area contributed by atoms with E-state index in [4.69, 9.17) is 4.98 Å². The summed E-state index contributed by atoms with van der Waals surface area (Å²) in [6.07, 6.45) is 8.41. The first kappa shape index (κ1) is 20.2. The van der Waals surface area contributed by atoms with Crippen LogP contribution in [0.15, 0.2) is 48.7 Å². The fourth-order valence-corrected chi connectivity index (χ4v) is 5.24. The van der Waals surface area contributed by atoms with Crippen molar-refractivity contribution in [2.45, 2.75) is 45.2 Å². The molecule has 160 valence electrons. The van der Waals surface area contributed by atoms with Gasteiger partial charge in [-0.15, -0.1) is 0 Å². The quantitative estimate of drug-likeness (QED) is 0.482. The molecule has 5 rings (SSSR count). The van der Waals surface area contributed by atoms with Gasteiger partial charge in [-0.3, -0.25) is 9.88 Å². The van der Waals surface area contributed by atoms with Crippen molar-refractivity contribution in [3.8, 4) is 11.1 Å². The maximum atomic E-state index is 13.0. The van der Waals surface area contributed by atoms with Crippen molar-refractivity contribution in [2.75, 3.05) is 15.9 Å². The number of hydrogen-bond donors (Lipinski definition) is 2. The van der Waals surface area contributed by atoms with Gasteiger partial charge in [0.05, 0.1) is 11.2 Å². The van der Waals surface area contributed by atoms with Gasteiger partial charge in [0, 0.05) is 41.7 Å². The molecule has 6 heteroatoms. The molecule has 1 saturated carbocycles. The number of anilines is 2. The molecular formula is C25H28N4OS. The third-order valence-electron chi connectivity index (χ3n) is 6.59. The van der Waals surface area contributed by atoms with Crippen LogP contribution in [-0.2, 0) is 6.54 Å². The monoisotopic (exact) mass is 432 g/mol. The van der Waals surface area contributed by atoms with Gasteiger partial charge in [0.2, 0.25) is 0 Å². The van der Waals surface area contributed by atoms with Crippen molar-refractivity contribution in [3.05, 3.63) is 54.2 Å². The summed E-state index contributed by atoms with van der Waals surface area (Å²) in [6, 6.07) is 15.1. The molecule has 2 N–H and O–H groups in total. The van der Waals surface area contributed by atoms with E-state index in [0.29, 0.717) is 6.54 Å². The second kappa shape index (κ2) is 8.42. The Morgan fingerprint density at radius 1 is 1.06 bits per heavy atom. The molecule has 0 bridgehead atoms. The number of hydrogen-bond acceptors (Lipinski definition) is 4. The van der Waals surface area contributed by atoms with E-state index in [2.05, 4.69) is 59.4 Å². The lowest BCUT2D eigenvalue weighted by Gasteiger charge is -2.39. The average molecular weight is 433 g/mol. The Labute approximate surface area is 187 Å². The zero-order valence-corrected chi connectivity index (χ0v) is 18.8. The minimum absolute atomic E-state index is 0.0254. The number of benzene rings is 2.